The van der Waals surface area contributed by atoms with E-state index >= 15 is 0 Å². The first kappa shape index (κ1) is 14.3. The molecule has 0 fully saturated rings. The second kappa shape index (κ2) is 5.92. The minimum absolute atomic E-state index is 0.00928. The van der Waals surface area contributed by atoms with Crippen molar-refractivity contribution in [3.8, 4) is 0 Å². The van der Waals surface area contributed by atoms with Gasteiger partial charge in [-0.2, -0.15) is 0 Å². The van der Waals surface area contributed by atoms with Crippen LogP contribution in [0.3, 0.4) is 0 Å². The summed E-state index contributed by atoms with van der Waals surface area (Å²) in [4.78, 5) is 24.8. The topological polar surface area (TPSA) is 70.8 Å². The molecule has 1 heterocycles. The van der Waals surface area contributed by atoms with Crippen molar-refractivity contribution >= 4 is 27.8 Å². The highest BCUT2D eigenvalue weighted by molar-refractivity contribution is 9.10. The van der Waals surface area contributed by atoms with E-state index in [2.05, 4.69) is 15.9 Å². The molecule has 0 radical (unpaired) electrons. The van der Waals surface area contributed by atoms with Crippen LogP contribution in [0, 0.1) is 0 Å². The van der Waals surface area contributed by atoms with E-state index in [1.54, 1.807) is 31.3 Å². The van der Waals surface area contributed by atoms with Crippen molar-refractivity contribution in [1.82, 2.24) is 4.90 Å². The Morgan fingerprint density at radius 3 is 2.40 bits per heavy atom. The van der Waals surface area contributed by atoms with Gasteiger partial charge in [0.05, 0.1) is 17.7 Å². The van der Waals surface area contributed by atoms with E-state index in [1.165, 1.54) is 17.0 Å². The van der Waals surface area contributed by atoms with Crippen LogP contribution in [-0.4, -0.2) is 28.9 Å². The summed E-state index contributed by atoms with van der Waals surface area (Å²) in [6, 6.07) is 9.61. The van der Waals surface area contributed by atoms with Crippen LogP contribution in [0.15, 0.2) is 45.5 Å². The van der Waals surface area contributed by atoms with Gasteiger partial charge in [0.2, 0.25) is 0 Å². The molecule has 0 aliphatic carbocycles. The smallest absolute Gasteiger partial charge is 0.336 e. The average Bonchev–Trinajstić information content (AvgIpc) is 2.83. The van der Waals surface area contributed by atoms with Gasteiger partial charge in [0.25, 0.3) is 5.91 Å². The molecule has 0 saturated heterocycles. The largest absolute Gasteiger partial charge is 0.478 e. The van der Waals surface area contributed by atoms with Gasteiger partial charge in [0.15, 0.2) is 4.67 Å². The molecule has 2 rings (SSSR count). The lowest BCUT2D eigenvalue weighted by atomic mass is 10.1. The van der Waals surface area contributed by atoms with Gasteiger partial charge >= 0.3 is 5.97 Å². The summed E-state index contributed by atoms with van der Waals surface area (Å²) >= 11 is 3.19. The summed E-state index contributed by atoms with van der Waals surface area (Å²) in [7, 11) is 1.59. The summed E-state index contributed by atoms with van der Waals surface area (Å²) in [5, 5.41) is 9.09. The van der Waals surface area contributed by atoms with Crippen LogP contribution in [0.2, 0.25) is 0 Å². The Labute approximate surface area is 123 Å². The number of furan rings is 1. The standard InChI is InChI=1S/C14H12BrNO4/c1-16(8-9-6-7-12(15)20-9)13(17)10-4-2-3-5-11(10)14(18)19/h2-7H,8H2,1H3,(H,18,19). The maximum absolute atomic E-state index is 12.3. The van der Waals surface area contributed by atoms with Gasteiger partial charge in [0.1, 0.15) is 5.76 Å². The maximum Gasteiger partial charge on any atom is 0.336 e. The summed E-state index contributed by atoms with van der Waals surface area (Å²) < 4.78 is 5.91. The third kappa shape index (κ3) is 3.08. The highest BCUT2D eigenvalue weighted by atomic mass is 79.9. The van der Waals surface area contributed by atoms with E-state index in [4.69, 9.17) is 9.52 Å². The number of amides is 1. The maximum atomic E-state index is 12.3. The van der Waals surface area contributed by atoms with Gasteiger partial charge < -0.3 is 14.4 Å². The molecule has 0 unspecified atom stereocenters. The number of carboxylic acid groups (broad SMARTS) is 1. The normalized spacial score (nSPS) is 10.3. The van der Waals surface area contributed by atoms with Crippen molar-refractivity contribution in [2.75, 3.05) is 7.05 Å². The Kier molecular flexibility index (Phi) is 4.24. The molecule has 1 N–H and O–H groups in total. The molecule has 2 aromatic rings. The lowest BCUT2D eigenvalue weighted by Crippen LogP contribution is -2.27. The van der Waals surface area contributed by atoms with E-state index in [9.17, 15) is 9.59 Å². The zero-order valence-corrected chi connectivity index (χ0v) is 12.3. The molecule has 0 bridgehead atoms. The Bertz CT molecular complexity index is 650. The molecule has 0 aliphatic heterocycles. The van der Waals surface area contributed by atoms with Crippen molar-refractivity contribution in [2.45, 2.75) is 6.54 Å². The lowest BCUT2D eigenvalue weighted by molar-refractivity contribution is 0.0679. The molecule has 1 aromatic heterocycles. The number of carbonyl (C=O) groups excluding carboxylic acids is 1. The minimum Gasteiger partial charge on any atom is -0.478 e. The minimum atomic E-state index is -1.12. The van der Waals surface area contributed by atoms with Crippen LogP contribution in [-0.2, 0) is 6.54 Å². The van der Waals surface area contributed by atoms with Crippen LogP contribution >= 0.6 is 15.9 Å². The van der Waals surface area contributed by atoms with Crippen LogP contribution in [0.25, 0.3) is 0 Å². The Morgan fingerprint density at radius 1 is 1.20 bits per heavy atom. The number of benzene rings is 1. The van der Waals surface area contributed by atoms with E-state index in [1.807, 2.05) is 0 Å². The number of hydrogen-bond acceptors (Lipinski definition) is 3. The lowest BCUT2D eigenvalue weighted by Gasteiger charge is -2.16. The van der Waals surface area contributed by atoms with Gasteiger partial charge in [-0.15, -0.1) is 0 Å². The van der Waals surface area contributed by atoms with Crippen molar-refractivity contribution in [3.63, 3.8) is 0 Å². The van der Waals surface area contributed by atoms with Crippen LogP contribution < -0.4 is 0 Å². The van der Waals surface area contributed by atoms with Gasteiger partial charge in [-0.1, -0.05) is 12.1 Å². The van der Waals surface area contributed by atoms with E-state index in [-0.39, 0.29) is 23.6 Å². The second-order valence-corrected chi connectivity index (χ2v) is 5.00. The van der Waals surface area contributed by atoms with E-state index < -0.39 is 5.97 Å². The number of hydrogen-bond donors (Lipinski definition) is 1. The van der Waals surface area contributed by atoms with E-state index in [0.717, 1.165) is 0 Å². The van der Waals surface area contributed by atoms with Crippen molar-refractivity contribution < 1.29 is 19.1 Å². The fourth-order valence-corrected chi connectivity index (χ4v) is 2.14. The molecule has 5 nitrogen and oxygen atoms in total. The first-order chi connectivity index (χ1) is 9.49. The van der Waals surface area contributed by atoms with Crippen LogP contribution in [0.4, 0.5) is 0 Å². The average molecular weight is 338 g/mol. The molecule has 6 heteroatoms. The molecule has 20 heavy (non-hydrogen) atoms. The number of carboxylic acids is 1. The van der Waals surface area contributed by atoms with Gasteiger partial charge in [0, 0.05) is 7.05 Å². The zero-order chi connectivity index (χ0) is 14.7. The predicted octanol–water partition coefficient (Wildman–Crippen LogP) is 3.01. The molecule has 1 amide bonds. The summed E-state index contributed by atoms with van der Waals surface area (Å²) in [5.41, 5.74) is 0.151. The molecular weight excluding hydrogens is 326 g/mol. The fraction of sp³-hybridized carbons (Fsp3) is 0.143. The number of carbonyl (C=O) groups is 2. The SMILES string of the molecule is CN(Cc1ccc(Br)o1)C(=O)c1ccccc1C(=O)O. The number of nitrogens with zero attached hydrogens (tertiary/aromatic N) is 1. The fourth-order valence-electron chi connectivity index (χ4n) is 1.80. The summed E-state index contributed by atoms with van der Waals surface area (Å²) in [5.74, 6) is -0.876. The number of aromatic carboxylic acids is 1. The van der Waals surface area contributed by atoms with Crippen molar-refractivity contribution in [1.29, 1.82) is 0 Å². The molecule has 0 spiro atoms. The highest BCUT2D eigenvalue weighted by Crippen LogP contribution is 2.17. The van der Waals surface area contributed by atoms with Crippen molar-refractivity contribution in [3.05, 3.63) is 58.0 Å². The molecule has 0 atom stereocenters. The van der Waals surface area contributed by atoms with Gasteiger partial charge in [-0.25, -0.2) is 4.79 Å². The molecule has 0 saturated carbocycles. The molecule has 104 valence electrons. The van der Waals surface area contributed by atoms with E-state index in [0.29, 0.717) is 10.4 Å². The number of rotatable bonds is 4. The summed E-state index contributed by atoms with van der Waals surface area (Å²) in [6.45, 7) is 0.262. The monoisotopic (exact) mass is 337 g/mol. The third-order valence-corrected chi connectivity index (χ3v) is 3.18. The first-order valence-electron chi connectivity index (χ1n) is 5.81. The summed E-state index contributed by atoms with van der Waals surface area (Å²) in [6.07, 6.45) is 0. The van der Waals surface area contributed by atoms with Crippen molar-refractivity contribution in [2.24, 2.45) is 0 Å². The predicted molar refractivity (Wildman–Crippen MR) is 75.6 cm³/mol. The quantitative estimate of drug-likeness (QED) is 0.930. The molecule has 0 aliphatic rings. The third-order valence-electron chi connectivity index (χ3n) is 2.76. The Hall–Kier alpha value is -2.08. The van der Waals surface area contributed by atoms with Gasteiger partial charge in [-0.3, -0.25) is 4.79 Å². The van der Waals surface area contributed by atoms with Crippen LogP contribution in [0.5, 0.6) is 0 Å². The number of halogens is 1. The van der Waals surface area contributed by atoms with Gasteiger partial charge in [-0.05, 0) is 40.2 Å². The molecule has 1 aromatic carbocycles. The second-order valence-electron chi connectivity index (χ2n) is 4.22. The Balaban J connectivity index is 2.20. The zero-order valence-electron chi connectivity index (χ0n) is 10.7. The van der Waals surface area contributed by atoms with Crippen LogP contribution in [0.1, 0.15) is 26.5 Å². The molecular formula is C14H12BrNO4. The Morgan fingerprint density at radius 2 is 1.85 bits per heavy atom. The first-order valence-corrected chi connectivity index (χ1v) is 6.60. The highest BCUT2D eigenvalue weighted by Gasteiger charge is 2.19.